The molecule has 0 N–H and O–H groups in total. The maximum atomic E-state index is 5.81. The van der Waals surface area contributed by atoms with Crippen LogP contribution in [0.5, 0.6) is 11.5 Å². The highest BCUT2D eigenvalue weighted by molar-refractivity contribution is 6.07. The second-order valence-corrected chi connectivity index (χ2v) is 35.9. The van der Waals surface area contributed by atoms with Crippen LogP contribution in [-0.4, -0.2) is 124 Å². The Balaban J connectivity index is 0.000000104. The van der Waals surface area contributed by atoms with Gasteiger partial charge in [0.05, 0.1) is 78.0 Å². The number of nitrogens with zero attached hydrogens (tertiary/aromatic N) is 22. The summed E-state index contributed by atoms with van der Waals surface area (Å²) < 4.78 is 17.8. The molecule has 12 aromatic carbocycles. The molecule has 24 heteroatoms. The number of allylic oxidation sites excluding steroid dienone is 5. The number of aryl methyl sites for hydroxylation is 12. The van der Waals surface area contributed by atoms with Crippen molar-refractivity contribution in [3.63, 3.8) is 0 Å². The van der Waals surface area contributed by atoms with Crippen LogP contribution in [0.4, 0.5) is 0 Å². The molecular weight excluding hydrogens is 1820 g/mol. The van der Waals surface area contributed by atoms with Crippen molar-refractivity contribution in [1.82, 2.24) is 93.4 Å². The zero-order valence-electron chi connectivity index (χ0n) is 82.2. The smallest absolute Gasteiger partial charge is 0.189 e. The summed E-state index contributed by atoms with van der Waals surface area (Å²) in [6.45, 7) is 5.22. The van der Waals surface area contributed by atoms with Crippen molar-refractivity contribution >= 4 is 145 Å². The zero-order valence-corrected chi connectivity index (χ0v) is 82.2. The third-order valence-corrected chi connectivity index (χ3v) is 25.9. The van der Waals surface area contributed by atoms with E-state index >= 15 is 0 Å². The highest BCUT2D eigenvalue weighted by atomic mass is 16.6. The largest absolute Gasteiger partial charge is 0.486 e. The molecule has 0 amide bonds. The molecule has 0 radical (unpaired) electrons. The van der Waals surface area contributed by atoms with Crippen LogP contribution in [0.2, 0.25) is 0 Å². The number of ether oxygens (including phenoxy) is 2. The summed E-state index contributed by atoms with van der Waals surface area (Å²) in [5, 5.41) is 7.57. The lowest BCUT2D eigenvalue weighted by Gasteiger charge is -2.18. The van der Waals surface area contributed by atoms with Crippen LogP contribution in [0.1, 0.15) is 106 Å². The van der Waals surface area contributed by atoms with Gasteiger partial charge in [0.2, 0.25) is 0 Å². The first kappa shape index (κ1) is 94.8. The molecule has 4 aliphatic heterocycles. The molecule has 718 valence electrons. The molecule has 26 rings (SSSR count). The fraction of sp³-hybridized carbons (Fsp3) is 0.146. The molecule has 0 saturated carbocycles. The number of fused-ring (bicyclic) bond motifs is 12. The average molecular weight is 1920 g/mol. The number of para-hydroxylation sites is 6. The van der Waals surface area contributed by atoms with Crippen LogP contribution in [0.3, 0.4) is 0 Å². The maximum absolute atomic E-state index is 5.81. The normalized spacial score (nSPS) is 13.0. The Labute approximate surface area is 850 Å². The highest BCUT2D eigenvalue weighted by Crippen LogP contribution is 2.38. The zero-order chi connectivity index (χ0) is 99.6. The lowest BCUT2D eigenvalue weighted by Crippen LogP contribution is -2.15. The van der Waals surface area contributed by atoms with Gasteiger partial charge in [0, 0.05) is 194 Å². The van der Waals surface area contributed by atoms with Gasteiger partial charge < -0.3 is 23.2 Å². The Bertz CT molecular complexity index is 8700. The lowest BCUT2D eigenvalue weighted by molar-refractivity contribution is 0.173. The number of aliphatic imine (C=N–C) groups is 3. The number of rotatable bonds is 20. The van der Waals surface area contributed by atoms with E-state index in [2.05, 4.69) is 184 Å². The van der Waals surface area contributed by atoms with Gasteiger partial charge in [-0.25, -0.2) is 74.8 Å². The monoisotopic (exact) mass is 1920 g/mol. The molecule has 14 heterocycles. The third-order valence-electron chi connectivity index (χ3n) is 25.9. The quantitative estimate of drug-likeness (QED) is 0.0685. The molecule has 22 aromatic rings. The minimum absolute atomic E-state index is 0.558. The summed E-state index contributed by atoms with van der Waals surface area (Å²) in [6.07, 6.45) is 34.8. The standard InChI is InChI=1S/C22H19N5.C21H20N4O2.C20H18N4.C20H17N3.2C20H15N3/c1-14-15-6-3-4-8-18(15)25-20(24-14)11-12-21-26-22-16-7-5-13-23-17(16)9-10-19(22)27(21)2;1-13-14-5-3-4-6-15(14)23-18(22-13)9-10-19-24-20-16(25(19)2)7-8-17-21(20)27-12-11-26-17;1-24-14-18(15-7-3-2-4-8-15)23-20(24)12-11-19-21-13-16-9-5-6-10-17(16)22-19;3*1-2-6-15(7-3-1)19-12-10-17(22-19)11-13-20-21-14-16-8-4-5-9-18(16)23-20/h3-10,13H,11-12H2,1-2H3;3-8H,9-12H2,1-2H3;2-10,13-14H,11-12H2,1H3;1-9,12,14H,10-11,13H2;2*1-9,11-14H,10H2/b;;;;13-11+;. The van der Waals surface area contributed by atoms with Gasteiger partial charge in [0.25, 0.3) is 0 Å². The van der Waals surface area contributed by atoms with E-state index in [0.29, 0.717) is 24.9 Å². The number of aromatic nitrogens is 19. The van der Waals surface area contributed by atoms with Crippen molar-refractivity contribution in [3.05, 3.63) is 451 Å². The fourth-order valence-electron chi connectivity index (χ4n) is 18.2. The molecule has 0 atom stereocenters. The molecule has 0 unspecified atom stereocenters. The van der Waals surface area contributed by atoms with Crippen molar-refractivity contribution in [2.75, 3.05) is 13.2 Å². The summed E-state index contributed by atoms with van der Waals surface area (Å²) in [5.41, 5.74) is 25.0. The number of hydrogen-bond acceptors (Lipinski definition) is 21. The molecule has 10 aromatic heterocycles. The summed E-state index contributed by atoms with van der Waals surface area (Å²) in [6, 6.07) is 102. The fourth-order valence-corrected chi connectivity index (χ4v) is 18.2. The average Bonchev–Trinajstić information content (AvgIpc) is 1.63. The minimum Gasteiger partial charge on any atom is -0.486 e. The van der Waals surface area contributed by atoms with Gasteiger partial charge in [-0.15, -0.1) is 0 Å². The highest BCUT2D eigenvalue weighted by Gasteiger charge is 2.23. The van der Waals surface area contributed by atoms with Gasteiger partial charge in [-0.05, 0) is 134 Å². The number of hydrogen-bond donors (Lipinski definition) is 0. The van der Waals surface area contributed by atoms with Crippen molar-refractivity contribution in [2.24, 2.45) is 36.1 Å². The van der Waals surface area contributed by atoms with E-state index in [0.717, 1.165) is 284 Å². The van der Waals surface area contributed by atoms with Crippen LogP contribution in [0, 0.1) is 13.8 Å². The van der Waals surface area contributed by atoms with Gasteiger partial charge in [-0.1, -0.05) is 249 Å². The van der Waals surface area contributed by atoms with Gasteiger partial charge >= 0.3 is 0 Å². The van der Waals surface area contributed by atoms with Crippen LogP contribution in [-0.2, 0) is 66.1 Å². The van der Waals surface area contributed by atoms with E-state index < -0.39 is 0 Å². The van der Waals surface area contributed by atoms with Gasteiger partial charge in [-0.3, -0.25) is 20.0 Å². The first-order valence-electron chi connectivity index (χ1n) is 49.5. The molecule has 0 aliphatic carbocycles. The van der Waals surface area contributed by atoms with Crippen molar-refractivity contribution < 1.29 is 9.47 Å². The molecule has 0 fully saturated rings. The Morgan fingerprint density at radius 2 is 0.694 bits per heavy atom. The molecule has 0 bridgehead atoms. The molecule has 24 nitrogen and oxygen atoms in total. The summed E-state index contributed by atoms with van der Waals surface area (Å²) in [4.78, 5) is 87.9. The minimum atomic E-state index is 0.558. The number of imidazole rings is 3. The predicted octanol–water partition coefficient (Wildman–Crippen LogP) is 24.9. The topological polar surface area (TPSA) is 277 Å². The predicted molar refractivity (Wildman–Crippen MR) is 591 cm³/mol. The van der Waals surface area contributed by atoms with Gasteiger partial charge in [0.15, 0.2) is 23.1 Å². The van der Waals surface area contributed by atoms with Crippen LogP contribution in [0.15, 0.2) is 386 Å². The van der Waals surface area contributed by atoms with Gasteiger partial charge in [-0.2, -0.15) is 0 Å². The van der Waals surface area contributed by atoms with Gasteiger partial charge in [0.1, 0.15) is 59.5 Å². The van der Waals surface area contributed by atoms with E-state index in [1.165, 1.54) is 11.3 Å². The number of pyridine rings is 1. The summed E-state index contributed by atoms with van der Waals surface area (Å²) in [5.74, 6) is 9.47. The van der Waals surface area contributed by atoms with Crippen LogP contribution in [0.25, 0.3) is 139 Å². The Morgan fingerprint density at radius 3 is 1.22 bits per heavy atom. The molecule has 0 spiro atoms. The van der Waals surface area contributed by atoms with E-state index in [1.807, 2.05) is 308 Å². The number of benzene rings is 12. The molecular formula is C123H104N22O2. The third kappa shape index (κ3) is 22.9. The second-order valence-electron chi connectivity index (χ2n) is 35.9. The Morgan fingerprint density at radius 1 is 0.293 bits per heavy atom. The summed E-state index contributed by atoms with van der Waals surface area (Å²) in [7, 11) is 6.14. The lowest BCUT2D eigenvalue weighted by atomic mass is 10.1. The van der Waals surface area contributed by atoms with E-state index in [4.69, 9.17) is 44.4 Å². The van der Waals surface area contributed by atoms with Crippen molar-refractivity contribution in [2.45, 2.75) is 84.5 Å². The summed E-state index contributed by atoms with van der Waals surface area (Å²) >= 11 is 0. The first-order chi connectivity index (χ1) is 72.3. The second kappa shape index (κ2) is 44.8. The van der Waals surface area contributed by atoms with Crippen LogP contribution < -0.4 is 9.47 Å². The van der Waals surface area contributed by atoms with Crippen molar-refractivity contribution in [3.8, 4) is 22.8 Å². The van der Waals surface area contributed by atoms with Crippen LogP contribution >= 0.6 is 0 Å². The first-order valence-corrected chi connectivity index (χ1v) is 49.5. The SMILES string of the molecule is C(=Cc1ncc2ccccc2n1)C1=NC(c2ccccc2)=CC1.C1=C(c2ccccc2)N=C(/C=C/c2ncc3ccccc3n2)C1.C1=C(c2ccccc2)N=C(CCc2ncc3ccccc3n2)C1.Cc1nc(CCc2nc3c4c(ccc3n2C)OCCO4)nc2ccccc12.Cc1nc(CCc2nc3c4cccnc4ccc3n2C)nc2ccccc12.Cn1cc(-c2ccccc2)nc1CCc1ncc2ccccc2n1. The molecule has 0 saturated heterocycles. The molecule has 147 heavy (non-hydrogen) atoms. The molecule has 4 aliphatic rings. The Kier molecular flexibility index (Phi) is 28.9. The maximum Gasteiger partial charge on any atom is 0.189 e. The van der Waals surface area contributed by atoms with Crippen molar-refractivity contribution in [1.29, 1.82) is 0 Å². The van der Waals surface area contributed by atoms with E-state index in [1.54, 1.807) is 0 Å². The van der Waals surface area contributed by atoms with E-state index in [9.17, 15) is 0 Å². The van der Waals surface area contributed by atoms with E-state index in [-0.39, 0.29) is 0 Å². The Hall–Kier alpha value is -18.5.